The first-order chi connectivity index (χ1) is 7.61. The topological polar surface area (TPSA) is 50.1 Å². The highest BCUT2D eigenvalue weighted by Crippen LogP contribution is 2.51. The smallest absolute Gasteiger partial charge is 0.333 e. The van der Waals surface area contributed by atoms with Gasteiger partial charge >= 0.3 is 5.97 Å². The summed E-state index contributed by atoms with van der Waals surface area (Å²) in [6.07, 6.45) is 3.19. The lowest BCUT2D eigenvalue weighted by Crippen LogP contribution is -2.22. The average Bonchev–Trinajstić information content (AvgIpc) is 2.83. The molecule has 3 heteroatoms. The number of hydrogen-bond donors (Lipinski definition) is 0. The van der Waals surface area contributed by atoms with Gasteiger partial charge in [0.2, 0.25) is 0 Å². The lowest BCUT2D eigenvalue weighted by molar-refractivity contribution is -0.140. The van der Waals surface area contributed by atoms with Gasteiger partial charge in [0.05, 0.1) is 12.7 Å². The van der Waals surface area contributed by atoms with E-state index in [1.807, 2.05) is 0 Å². The van der Waals surface area contributed by atoms with Crippen molar-refractivity contribution >= 4 is 5.97 Å². The quantitative estimate of drug-likeness (QED) is 0.540. The van der Waals surface area contributed by atoms with Crippen molar-refractivity contribution in [1.29, 1.82) is 5.26 Å². The van der Waals surface area contributed by atoms with E-state index in [9.17, 15) is 4.79 Å². The minimum atomic E-state index is -0.292. The maximum atomic E-state index is 11.3. The van der Waals surface area contributed by atoms with E-state index in [-0.39, 0.29) is 11.9 Å². The highest BCUT2D eigenvalue weighted by atomic mass is 16.5. The van der Waals surface area contributed by atoms with E-state index in [0.717, 1.165) is 19.3 Å². The van der Waals surface area contributed by atoms with Gasteiger partial charge in [0, 0.05) is 11.5 Å². The molecule has 0 aromatic rings. The van der Waals surface area contributed by atoms with Crippen molar-refractivity contribution in [2.75, 3.05) is 6.61 Å². The number of fused-ring (bicyclic) bond motifs is 2. The van der Waals surface area contributed by atoms with E-state index in [1.54, 1.807) is 6.92 Å². The largest absolute Gasteiger partial charge is 0.462 e. The Kier molecular flexibility index (Phi) is 3.00. The molecular formula is C13H17NO2. The molecule has 16 heavy (non-hydrogen) atoms. The van der Waals surface area contributed by atoms with Crippen LogP contribution in [-0.2, 0) is 9.53 Å². The molecule has 0 heterocycles. The van der Waals surface area contributed by atoms with Crippen LogP contribution in [-0.4, -0.2) is 12.6 Å². The molecule has 2 bridgehead atoms. The first kappa shape index (κ1) is 11.2. The number of rotatable bonds is 3. The summed E-state index contributed by atoms with van der Waals surface area (Å²) in [4.78, 5) is 11.3. The molecule has 2 aliphatic carbocycles. The summed E-state index contributed by atoms with van der Waals surface area (Å²) in [6, 6.07) is 2.38. The van der Waals surface area contributed by atoms with Crippen LogP contribution in [0.15, 0.2) is 12.2 Å². The third kappa shape index (κ3) is 1.97. The number of carbonyl (C=O) groups excluding carboxylic acids is 1. The van der Waals surface area contributed by atoms with Crippen molar-refractivity contribution in [1.82, 2.24) is 0 Å². The van der Waals surface area contributed by atoms with Crippen molar-refractivity contribution in [3.63, 3.8) is 0 Å². The monoisotopic (exact) mass is 219 g/mol. The van der Waals surface area contributed by atoms with Crippen molar-refractivity contribution < 1.29 is 9.53 Å². The minimum absolute atomic E-state index is 0.248. The number of hydrogen-bond acceptors (Lipinski definition) is 3. The number of carbonyl (C=O) groups is 1. The molecule has 2 fully saturated rings. The van der Waals surface area contributed by atoms with Gasteiger partial charge in [-0.25, -0.2) is 4.79 Å². The van der Waals surface area contributed by atoms with Gasteiger partial charge in [-0.15, -0.1) is 0 Å². The Morgan fingerprint density at radius 2 is 2.19 bits per heavy atom. The van der Waals surface area contributed by atoms with Crippen LogP contribution in [0.5, 0.6) is 0 Å². The predicted molar refractivity (Wildman–Crippen MR) is 59.2 cm³/mol. The second kappa shape index (κ2) is 4.29. The van der Waals surface area contributed by atoms with Crippen LogP contribution in [0.2, 0.25) is 0 Å². The molecular weight excluding hydrogens is 202 g/mol. The lowest BCUT2D eigenvalue weighted by atomic mass is 9.83. The van der Waals surface area contributed by atoms with Gasteiger partial charge in [-0.3, -0.25) is 0 Å². The van der Waals surface area contributed by atoms with Crippen LogP contribution >= 0.6 is 0 Å². The number of ether oxygens (including phenoxy) is 1. The first-order valence-electron chi connectivity index (χ1n) is 5.84. The van der Waals surface area contributed by atoms with Crippen molar-refractivity contribution in [3.05, 3.63) is 12.2 Å². The summed E-state index contributed by atoms with van der Waals surface area (Å²) in [5.74, 6) is 1.56. The van der Waals surface area contributed by atoms with E-state index >= 15 is 0 Å². The zero-order valence-corrected chi connectivity index (χ0v) is 9.61. The standard InChI is InChI=1S/C13H17NO2/c1-8(2)13(15)16-7-12-5-9-3-10(12)4-11(9)6-14/h9-12H,1,3-5,7H2,2H3/t9?,10-,11?,12?/m0/s1. The molecule has 0 aromatic carbocycles. The Hall–Kier alpha value is -1.30. The molecule has 2 rings (SSSR count). The first-order valence-corrected chi connectivity index (χ1v) is 5.84. The van der Waals surface area contributed by atoms with Crippen molar-refractivity contribution in [2.45, 2.75) is 26.2 Å². The van der Waals surface area contributed by atoms with Gasteiger partial charge in [-0.05, 0) is 43.9 Å². The molecule has 2 saturated carbocycles. The Labute approximate surface area is 96.1 Å². The molecule has 0 aromatic heterocycles. The van der Waals surface area contributed by atoms with Crippen LogP contribution in [0, 0.1) is 35.0 Å². The Bertz CT molecular complexity index is 355. The van der Waals surface area contributed by atoms with Crippen LogP contribution < -0.4 is 0 Å². The molecule has 4 atom stereocenters. The molecule has 3 nitrogen and oxygen atoms in total. The number of nitrogens with zero attached hydrogens (tertiary/aromatic N) is 1. The van der Waals surface area contributed by atoms with Gasteiger partial charge < -0.3 is 4.74 Å². The van der Waals surface area contributed by atoms with Gasteiger partial charge in [-0.2, -0.15) is 5.26 Å². The van der Waals surface area contributed by atoms with E-state index in [1.165, 1.54) is 0 Å². The molecule has 0 saturated heterocycles. The van der Waals surface area contributed by atoms with Gasteiger partial charge in [0.1, 0.15) is 0 Å². The molecule has 0 aliphatic heterocycles. The Morgan fingerprint density at radius 3 is 2.69 bits per heavy atom. The van der Waals surface area contributed by atoms with Crippen LogP contribution in [0.1, 0.15) is 26.2 Å². The van der Waals surface area contributed by atoms with Crippen molar-refractivity contribution in [2.24, 2.45) is 23.7 Å². The van der Waals surface area contributed by atoms with Crippen molar-refractivity contribution in [3.8, 4) is 6.07 Å². The minimum Gasteiger partial charge on any atom is -0.462 e. The normalized spacial score (nSPS) is 35.8. The Morgan fingerprint density at radius 1 is 1.44 bits per heavy atom. The molecule has 0 N–H and O–H groups in total. The summed E-state index contributed by atoms with van der Waals surface area (Å²) in [7, 11) is 0. The molecule has 3 unspecified atom stereocenters. The van der Waals surface area contributed by atoms with Crippen LogP contribution in [0.4, 0.5) is 0 Å². The third-order valence-electron chi connectivity index (χ3n) is 3.95. The van der Waals surface area contributed by atoms with E-state index in [4.69, 9.17) is 10.00 Å². The van der Waals surface area contributed by atoms with E-state index < -0.39 is 0 Å². The highest BCUT2D eigenvalue weighted by Gasteiger charge is 2.46. The second-order valence-corrected chi connectivity index (χ2v) is 5.10. The van der Waals surface area contributed by atoms with Gasteiger partial charge in [-0.1, -0.05) is 6.58 Å². The second-order valence-electron chi connectivity index (χ2n) is 5.10. The number of nitriles is 1. The predicted octanol–water partition coefficient (Wildman–Crippen LogP) is 2.29. The summed E-state index contributed by atoms with van der Waals surface area (Å²) in [6.45, 7) is 5.72. The fraction of sp³-hybridized carbons (Fsp3) is 0.692. The fourth-order valence-electron chi connectivity index (χ4n) is 3.06. The molecule has 0 spiro atoms. The Balaban J connectivity index is 1.81. The average molecular weight is 219 g/mol. The summed E-state index contributed by atoms with van der Waals surface area (Å²) in [5, 5.41) is 8.92. The van der Waals surface area contributed by atoms with Gasteiger partial charge in [0.15, 0.2) is 0 Å². The summed E-state index contributed by atoms with van der Waals surface area (Å²) >= 11 is 0. The molecule has 86 valence electrons. The SMILES string of the molecule is C=C(C)C(=O)OCC1CC2C[C@H]1CC2C#N. The zero-order valence-electron chi connectivity index (χ0n) is 9.61. The number of esters is 1. The lowest BCUT2D eigenvalue weighted by Gasteiger charge is -2.23. The van der Waals surface area contributed by atoms with Crippen LogP contribution in [0.25, 0.3) is 0 Å². The molecule has 2 aliphatic rings. The molecule has 0 amide bonds. The van der Waals surface area contributed by atoms with E-state index in [2.05, 4.69) is 12.6 Å². The summed E-state index contributed by atoms with van der Waals surface area (Å²) in [5.41, 5.74) is 0.457. The third-order valence-corrected chi connectivity index (χ3v) is 3.95. The maximum absolute atomic E-state index is 11.3. The molecule has 0 radical (unpaired) electrons. The maximum Gasteiger partial charge on any atom is 0.333 e. The summed E-state index contributed by atoms with van der Waals surface area (Å²) < 4.78 is 5.19. The van der Waals surface area contributed by atoms with Gasteiger partial charge in [0.25, 0.3) is 0 Å². The fourth-order valence-corrected chi connectivity index (χ4v) is 3.06. The zero-order chi connectivity index (χ0) is 11.7. The highest BCUT2D eigenvalue weighted by molar-refractivity contribution is 5.86. The van der Waals surface area contributed by atoms with Crippen LogP contribution in [0.3, 0.4) is 0 Å². The van der Waals surface area contributed by atoms with E-state index in [0.29, 0.717) is 29.9 Å².